The summed E-state index contributed by atoms with van der Waals surface area (Å²) in [6, 6.07) is 0.937. The van der Waals surface area contributed by atoms with Gasteiger partial charge in [-0.15, -0.1) is 0 Å². The molecule has 0 saturated heterocycles. The first kappa shape index (κ1) is 16.5. The number of hydrogen-bond donors (Lipinski definition) is 1. The number of hydrogen-bond acceptors (Lipinski definition) is 5. The SMILES string of the molecule is CCCNc1nc(N(C)CCOC)cc(C(F)(F)F)n1. The lowest BCUT2D eigenvalue weighted by Gasteiger charge is -2.19. The van der Waals surface area contributed by atoms with Gasteiger partial charge in [0.2, 0.25) is 5.95 Å². The predicted molar refractivity (Wildman–Crippen MR) is 71.0 cm³/mol. The van der Waals surface area contributed by atoms with E-state index in [2.05, 4.69) is 15.3 Å². The van der Waals surface area contributed by atoms with Crippen LogP contribution >= 0.6 is 0 Å². The second-order valence-electron chi connectivity index (χ2n) is 4.27. The summed E-state index contributed by atoms with van der Waals surface area (Å²) in [5.74, 6) is 0.198. The summed E-state index contributed by atoms with van der Waals surface area (Å²) in [5, 5.41) is 2.78. The molecule has 20 heavy (non-hydrogen) atoms. The van der Waals surface area contributed by atoms with Gasteiger partial charge in [0.05, 0.1) is 6.61 Å². The maximum atomic E-state index is 12.8. The Hall–Kier alpha value is -1.57. The largest absolute Gasteiger partial charge is 0.433 e. The maximum absolute atomic E-state index is 12.8. The first-order chi connectivity index (χ1) is 9.38. The molecule has 1 rings (SSSR count). The van der Waals surface area contributed by atoms with Crippen molar-refractivity contribution in [3.8, 4) is 0 Å². The fourth-order valence-electron chi connectivity index (χ4n) is 1.43. The van der Waals surface area contributed by atoms with Crippen molar-refractivity contribution >= 4 is 11.8 Å². The molecule has 8 heteroatoms. The molecule has 0 saturated carbocycles. The average Bonchev–Trinajstić information content (AvgIpc) is 2.41. The lowest BCUT2D eigenvalue weighted by Crippen LogP contribution is -2.25. The van der Waals surface area contributed by atoms with Gasteiger partial charge in [0, 0.05) is 33.3 Å². The zero-order chi connectivity index (χ0) is 15.2. The van der Waals surface area contributed by atoms with Gasteiger partial charge in [-0.05, 0) is 6.42 Å². The van der Waals surface area contributed by atoms with E-state index in [9.17, 15) is 13.2 Å². The maximum Gasteiger partial charge on any atom is 0.433 e. The van der Waals surface area contributed by atoms with Gasteiger partial charge in [-0.2, -0.15) is 18.2 Å². The van der Waals surface area contributed by atoms with Crippen molar-refractivity contribution in [1.82, 2.24) is 9.97 Å². The minimum atomic E-state index is -4.50. The fourth-order valence-corrected chi connectivity index (χ4v) is 1.43. The highest BCUT2D eigenvalue weighted by atomic mass is 19.4. The Balaban J connectivity index is 3.02. The molecule has 0 fully saturated rings. The van der Waals surface area contributed by atoms with Crippen LogP contribution in [0.1, 0.15) is 19.0 Å². The Morgan fingerprint density at radius 3 is 2.60 bits per heavy atom. The zero-order valence-electron chi connectivity index (χ0n) is 11.8. The van der Waals surface area contributed by atoms with Crippen LogP contribution in [0.3, 0.4) is 0 Å². The van der Waals surface area contributed by atoms with E-state index in [1.54, 1.807) is 11.9 Å². The highest BCUT2D eigenvalue weighted by molar-refractivity contribution is 5.45. The third kappa shape index (κ3) is 4.84. The van der Waals surface area contributed by atoms with Crippen LogP contribution in [-0.4, -0.2) is 43.8 Å². The Kier molecular flexibility index (Phi) is 6.00. The molecule has 1 heterocycles. The quantitative estimate of drug-likeness (QED) is 0.836. The minimum absolute atomic E-state index is 0.0130. The number of aromatic nitrogens is 2. The number of anilines is 2. The number of halogens is 3. The molecule has 0 aliphatic heterocycles. The van der Waals surface area contributed by atoms with Crippen LogP contribution < -0.4 is 10.2 Å². The molecule has 1 aromatic heterocycles. The lowest BCUT2D eigenvalue weighted by atomic mass is 10.3. The van der Waals surface area contributed by atoms with E-state index in [1.807, 2.05) is 6.92 Å². The Morgan fingerprint density at radius 1 is 1.35 bits per heavy atom. The third-order valence-electron chi connectivity index (χ3n) is 2.56. The number of rotatable bonds is 7. The number of methoxy groups -OCH3 is 1. The molecule has 0 spiro atoms. The molecule has 1 aromatic rings. The van der Waals surface area contributed by atoms with Gasteiger partial charge < -0.3 is 15.0 Å². The minimum Gasteiger partial charge on any atom is -0.383 e. The van der Waals surface area contributed by atoms with Crippen molar-refractivity contribution in [2.24, 2.45) is 0 Å². The van der Waals surface area contributed by atoms with E-state index in [4.69, 9.17) is 4.74 Å². The van der Waals surface area contributed by atoms with E-state index in [1.165, 1.54) is 7.11 Å². The van der Waals surface area contributed by atoms with Crippen molar-refractivity contribution in [3.05, 3.63) is 11.8 Å². The van der Waals surface area contributed by atoms with Crippen LogP contribution in [0, 0.1) is 0 Å². The van der Waals surface area contributed by atoms with Crippen LogP contribution in [0.4, 0.5) is 24.9 Å². The summed E-state index contributed by atoms with van der Waals surface area (Å²) in [4.78, 5) is 9.18. The number of nitrogens with zero attached hydrogens (tertiary/aromatic N) is 3. The molecule has 1 N–H and O–H groups in total. The van der Waals surface area contributed by atoms with Gasteiger partial charge in [0.15, 0.2) is 5.69 Å². The summed E-state index contributed by atoms with van der Waals surface area (Å²) < 4.78 is 43.4. The second kappa shape index (κ2) is 7.28. The Bertz CT molecular complexity index is 426. The molecular formula is C12H19F3N4O. The third-order valence-corrected chi connectivity index (χ3v) is 2.56. The van der Waals surface area contributed by atoms with Crippen molar-refractivity contribution in [1.29, 1.82) is 0 Å². The van der Waals surface area contributed by atoms with E-state index in [0.717, 1.165) is 12.5 Å². The Morgan fingerprint density at radius 2 is 2.05 bits per heavy atom. The molecule has 0 atom stereocenters. The van der Waals surface area contributed by atoms with Crippen LogP contribution in [0.15, 0.2) is 6.07 Å². The number of nitrogens with one attached hydrogen (secondary N) is 1. The highest BCUT2D eigenvalue weighted by Gasteiger charge is 2.34. The molecule has 114 valence electrons. The van der Waals surface area contributed by atoms with Crippen molar-refractivity contribution in [3.63, 3.8) is 0 Å². The topological polar surface area (TPSA) is 50.3 Å². The van der Waals surface area contributed by atoms with Crippen molar-refractivity contribution < 1.29 is 17.9 Å². The molecule has 0 radical (unpaired) electrons. The molecular weight excluding hydrogens is 273 g/mol. The molecule has 0 aliphatic carbocycles. The van der Waals surface area contributed by atoms with Crippen LogP contribution in [0.25, 0.3) is 0 Å². The summed E-state index contributed by atoms with van der Waals surface area (Å²) in [6.45, 7) is 3.27. The van der Waals surface area contributed by atoms with Gasteiger partial charge in [-0.25, -0.2) is 4.98 Å². The van der Waals surface area contributed by atoms with E-state index in [-0.39, 0.29) is 11.8 Å². The molecule has 0 unspecified atom stereocenters. The van der Waals surface area contributed by atoms with Gasteiger partial charge in [-0.3, -0.25) is 0 Å². The molecule has 0 aliphatic rings. The van der Waals surface area contributed by atoms with Crippen molar-refractivity contribution in [2.75, 3.05) is 44.1 Å². The second-order valence-corrected chi connectivity index (χ2v) is 4.27. The first-order valence-electron chi connectivity index (χ1n) is 6.28. The van der Waals surface area contributed by atoms with E-state index in [0.29, 0.717) is 19.7 Å². The van der Waals surface area contributed by atoms with Crippen molar-refractivity contribution in [2.45, 2.75) is 19.5 Å². The van der Waals surface area contributed by atoms with Crippen LogP contribution in [0.2, 0.25) is 0 Å². The normalized spacial score (nSPS) is 11.5. The standard InChI is InChI=1S/C12H19F3N4O/c1-4-5-16-11-17-9(12(13,14)15)8-10(18-11)19(2)6-7-20-3/h8H,4-7H2,1-3H3,(H,16,17,18). The molecule has 0 aromatic carbocycles. The summed E-state index contributed by atoms with van der Waals surface area (Å²) in [5.41, 5.74) is -0.953. The zero-order valence-corrected chi connectivity index (χ0v) is 11.8. The van der Waals surface area contributed by atoms with Gasteiger partial charge >= 0.3 is 6.18 Å². The number of alkyl halides is 3. The Labute approximate surface area is 116 Å². The highest BCUT2D eigenvalue weighted by Crippen LogP contribution is 2.30. The van der Waals surface area contributed by atoms with Crippen LogP contribution in [0.5, 0.6) is 0 Å². The summed E-state index contributed by atoms with van der Waals surface area (Å²) >= 11 is 0. The molecule has 0 bridgehead atoms. The summed E-state index contributed by atoms with van der Waals surface area (Å²) in [7, 11) is 3.19. The lowest BCUT2D eigenvalue weighted by molar-refractivity contribution is -0.141. The van der Waals surface area contributed by atoms with E-state index >= 15 is 0 Å². The monoisotopic (exact) mass is 292 g/mol. The summed E-state index contributed by atoms with van der Waals surface area (Å²) in [6.07, 6.45) is -3.73. The van der Waals surface area contributed by atoms with E-state index < -0.39 is 11.9 Å². The predicted octanol–water partition coefficient (Wildman–Crippen LogP) is 2.40. The van der Waals surface area contributed by atoms with Gasteiger partial charge in [-0.1, -0.05) is 6.92 Å². The number of likely N-dealkylation sites (N-methyl/N-ethyl adjacent to an activating group) is 1. The van der Waals surface area contributed by atoms with Crippen LogP contribution in [-0.2, 0) is 10.9 Å². The van der Waals surface area contributed by atoms with Gasteiger partial charge in [0.25, 0.3) is 0 Å². The average molecular weight is 292 g/mol. The molecule has 0 amide bonds. The smallest absolute Gasteiger partial charge is 0.383 e. The number of ether oxygens (including phenoxy) is 1. The van der Waals surface area contributed by atoms with Gasteiger partial charge in [0.1, 0.15) is 5.82 Å². The first-order valence-corrected chi connectivity index (χ1v) is 6.28. The fraction of sp³-hybridized carbons (Fsp3) is 0.667. The molecule has 5 nitrogen and oxygen atoms in total.